The van der Waals surface area contributed by atoms with Crippen molar-refractivity contribution in [1.29, 1.82) is 0 Å². The average molecular weight is 380 g/mol. The summed E-state index contributed by atoms with van der Waals surface area (Å²) in [5.74, 6) is 1.29. The van der Waals surface area contributed by atoms with Crippen LogP contribution in [0, 0.1) is 6.92 Å². The molecule has 1 aliphatic rings. The van der Waals surface area contributed by atoms with Gasteiger partial charge in [-0.3, -0.25) is 4.90 Å². The lowest BCUT2D eigenvalue weighted by atomic mass is 9.95. The van der Waals surface area contributed by atoms with Crippen LogP contribution in [0.25, 0.3) is 0 Å². The van der Waals surface area contributed by atoms with Gasteiger partial charge >= 0.3 is 0 Å². The third-order valence-electron chi connectivity index (χ3n) is 5.05. The molecule has 27 heavy (non-hydrogen) atoms. The molecule has 0 spiro atoms. The minimum Gasteiger partial charge on any atom is -0.487 e. The summed E-state index contributed by atoms with van der Waals surface area (Å²) in [5, 5.41) is 3.12. The Bertz CT molecular complexity index is 863. The van der Waals surface area contributed by atoms with Gasteiger partial charge in [0.05, 0.1) is 10.7 Å². The molecule has 140 valence electrons. The summed E-state index contributed by atoms with van der Waals surface area (Å²) >= 11 is 1.65. The maximum Gasteiger partial charge on any atom is 0.131 e. The van der Waals surface area contributed by atoms with Crippen LogP contribution in [-0.4, -0.2) is 29.0 Å². The topological polar surface area (TPSA) is 51.4 Å². The van der Waals surface area contributed by atoms with Gasteiger partial charge in [0.15, 0.2) is 0 Å². The van der Waals surface area contributed by atoms with Crippen molar-refractivity contribution in [2.24, 2.45) is 5.73 Å². The molecular formula is C22H25N3OS. The van der Waals surface area contributed by atoms with E-state index < -0.39 is 0 Å². The van der Waals surface area contributed by atoms with Crippen LogP contribution in [0.4, 0.5) is 0 Å². The van der Waals surface area contributed by atoms with E-state index in [9.17, 15) is 0 Å². The maximum absolute atomic E-state index is 6.41. The molecule has 0 bridgehead atoms. The lowest BCUT2D eigenvalue weighted by Gasteiger charge is -2.16. The molecule has 0 saturated carbocycles. The fourth-order valence-electron chi connectivity index (χ4n) is 3.68. The number of aryl methyl sites for hydroxylation is 1. The lowest BCUT2D eigenvalue weighted by Crippen LogP contribution is -2.28. The summed E-state index contributed by atoms with van der Waals surface area (Å²) < 4.78 is 5.83. The van der Waals surface area contributed by atoms with E-state index in [-0.39, 0.29) is 6.04 Å². The first-order chi connectivity index (χ1) is 13.2. The normalized spacial score (nSPS) is 20.1. The summed E-state index contributed by atoms with van der Waals surface area (Å²) in [4.78, 5) is 6.87. The summed E-state index contributed by atoms with van der Waals surface area (Å²) in [6, 6.07) is 19.2. The Morgan fingerprint density at radius 3 is 2.59 bits per heavy atom. The van der Waals surface area contributed by atoms with E-state index in [1.165, 1.54) is 11.1 Å². The van der Waals surface area contributed by atoms with Crippen LogP contribution < -0.4 is 10.5 Å². The average Bonchev–Trinajstić information content (AvgIpc) is 3.27. The highest BCUT2D eigenvalue weighted by Crippen LogP contribution is 2.27. The highest BCUT2D eigenvalue weighted by Gasteiger charge is 2.30. The van der Waals surface area contributed by atoms with E-state index in [2.05, 4.69) is 52.3 Å². The van der Waals surface area contributed by atoms with E-state index in [1.54, 1.807) is 11.3 Å². The molecule has 4 nitrogen and oxygen atoms in total. The largest absolute Gasteiger partial charge is 0.487 e. The zero-order valence-electron chi connectivity index (χ0n) is 15.5. The molecule has 2 heterocycles. The van der Waals surface area contributed by atoms with Gasteiger partial charge in [0.1, 0.15) is 12.4 Å². The van der Waals surface area contributed by atoms with Gasteiger partial charge in [-0.1, -0.05) is 42.5 Å². The van der Waals surface area contributed by atoms with Crippen molar-refractivity contribution in [2.45, 2.75) is 32.0 Å². The standard InChI is InChI=1S/C22H25N3OS/c1-16-24-19(15-27-16)14-26-20-9-7-17(8-10-20)11-25-12-21(22(23)13-25)18-5-3-2-4-6-18/h2-10,15,21-22H,11-14,23H2,1H3/t21-,22+/m0/s1. The van der Waals surface area contributed by atoms with Crippen molar-refractivity contribution >= 4 is 11.3 Å². The number of aromatic nitrogens is 1. The molecule has 5 heteroatoms. The molecule has 0 aliphatic carbocycles. The van der Waals surface area contributed by atoms with Crippen molar-refractivity contribution in [3.63, 3.8) is 0 Å². The molecule has 0 radical (unpaired) electrons. The van der Waals surface area contributed by atoms with Crippen molar-refractivity contribution < 1.29 is 4.74 Å². The molecule has 2 N–H and O–H groups in total. The highest BCUT2D eigenvalue weighted by atomic mass is 32.1. The molecule has 1 fully saturated rings. The second-order valence-electron chi connectivity index (χ2n) is 7.17. The molecule has 0 amide bonds. The fraction of sp³-hybridized carbons (Fsp3) is 0.318. The Morgan fingerprint density at radius 2 is 1.89 bits per heavy atom. The van der Waals surface area contributed by atoms with E-state index >= 15 is 0 Å². The van der Waals surface area contributed by atoms with Gasteiger partial charge in [0, 0.05) is 37.0 Å². The number of hydrogen-bond acceptors (Lipinski definition) is 5. The number of nitrogens with zero attached hydrogens (tertiary/aromatic N) is 2. The first-order valence-corrected chi connectivity index (χ1v) is 10.2. The van der Waals surface area contributed by atoms with Gasteiger partial charge in [0.2, 0.25) is 0 Å². The summed E-state index contributed by atoms with van der Waals surface area (Å²) in [6.07, 6.45) is 0. The summed E-state index contributed by atoms with van der Waals surface area (Å²) in [7, 11) is 0. The molecule has 1 saturated heterocycles. The first-order valence-electron chi connectivity index (χ1n) is 9.33. The number of rotatable bonds is 6. The lowest BCUT2D eigenvalue weighted by molar-refractivity contribution is 0.301. The van der Waals surface area contributed by atoms with Crippen LogP contribution in [0.5, 0.6) is 5.75 Å². The summed E-state index contributed by atoms with van der Waals surface area (Å²) in [5.41, 5.74) is 10.0. The molecule has 1 aliphatic heterocycles. The minimum absolute atomic E-state index is 0.191. The third kappa shape index (κ3) is 4.56. The number of ether oxygens (including phenoxy) is 1. The number of nitrogens with two attached hydrogens (primary N) is 1. The fourth-order valence-corrected chi connectivity index (χ4v) is 4.27. The molecule has 0 unspecified atom stereocenters. The quantitative estimate of drug-likeness (QED) is 0.704. The van der Waals surface area contributed by atoms with Gasteiger partial charge < -0.3 is 10.5 Å². The predicted octanol–water partition coefficient (Wildman–Crippen LogP) is 3.96. The van der Waals surface area contributed by atoms with Crippen molar-refractivity contribution in [3.05, 3.63) is 81.8 Å². The van der Waals surface area contributed by atoms with E-state index in [0.29, 0.717) is 12.5 Å². The number of benzene rings is 2. The van der Waals surface area contributed by atoms with Crippen LogP contribution in [-0.2, 0) is 13.2 Å². The molecule has 1 aromatic heterocycles. The maximum atomic E-state index is 6.41. The molecule has 2 aromatic carbocycles. The van der Waals surface area contributed by atoms with Crippen LogP contribution in [0.1, 0.15) is 27.7 Å². The number of hydrogen-bond donors (Lipinski definition) is 1. The SMILES string of the molecule is Cc1nc(COc2ccc(CN3C[C@@H](N)[C@H](c4ccccc4)C3)cc2)cs1. The zero-order valence-corrected chi connectivity index (χ0v) is 16.4. The Hall–Kier alpha value is -2.21. The number of thiazole rings is 1. The van der Waals surface area contributed by atoms with Crippen LogP contribution in [0.2, 0.25) is 0 Å². The van der Waals surface area contributed by atoms with Crippen LogP contribution >= 0.6 is 11.3 Å². The second kappa shape index (κ2) is 8.21. The van der Waals surface area contributed by atoms with Crippen LogP contribution in [0.3, 0.4) is 0 Å². The second-order valence-corrected chi connectivity index (χ2v) is 8.23. The Labute approximate surface area is 164 Å². The molecular weight excluding hydrogens is 354 g/mol. The monoisotopic (exact) mass is 379 g/mol. The van der Waals surface area contributed by atoms with Gasteiger partial charge in [-0.25, -0.2) is 4.98 Å². The zero-order chi connectivity index (χ0) is 18.6. The van der Waals surface area contributed by atoms with Gasteiger partial charge in [-0.05, 0) is 30.2 Å². The predicted molar refractivity (Wildman–Crippen MR) is 110 cm³/mol. The van der Waals surface area contributed by atoms with Crippen molar-refractivity contribution in [1.82, 2.24) is 9.88 Å². The third-order valence-corrected chi connectivity index (χ3v) is 5.87. The Kier molecular flexibility index (Phi) is 5.53. The van der Waals surface area contributed by atoms with E-state index in [4.69, 9.17) is 10.5 Å². The smallest absolute Gasteiger partial charge is 0.131 e. The molecule has 2 atom stereocenters. The first kappa shape index (κ1) is 18.2. The molecule has 3 aromatic rings. The van der Waals surface area contributed by atoms with Crippen molar-refractivity contribution in [3.8, 4) is 5.75 Å². The van der Waals surface area contributed by atoms with E-state index in [1.807, 2.05) is 24.4 Å². The van der Waals surface area contributed by atoms with Gasteiger partial charge in [-0.2, -0.15) is 0 Å². The van der Waals surface area contributed by atoms with Crippen LogP contribution in [0.15, 0.2) is 60.0 Å². The minimum atomic E-state index is 0.191. The van der Waals surface area contributed by atoms with E-state index in [0.717, 1.165) is 36.1 Å². The van der Waals surface area contributed by atoms with Gasteiger partial charge in [-0.15, -0.1) is 11.3 Å². The Morgan fingerprint density at radius 1 is 1.11 bits per heavy atom. The summed E-state index contributed by atoms with van der Waals surface area (Å²) in [6.45, 7) is 5.38. The van der Waals surface area contributed by atoms with Crippen molar-refractivity contribution in [2.75, 3.05) is 13.1 Å². The van der Waals surface area contributed by atoms with Gasteiger partial charge in [0.25, 0.3) is 0 Å². The highest BCUT2D eigenvalue weighted by molar-refractivity contribution is 7.09. The Balaban J connectivity index is 1.32. The number of likely N-dealkylation sites (tertiary alicyclic amines) is 1. The molecule has 4 rings (SSSR count).